The minimum absolute atomic E-state index is 0.232. The van der Waals surface area contributed by atoms with Gasteiger partial charge in [0.25, 0.3) is 0 Å². The van der Waals surface area contributed by atoms with Crippen LogP contribution in [0.15, 0.2) is 30.3 Å². The molecule has 2 rings (SSSR count). The van der Waals surface area contributed by atoms with Gasteiger partial charge in [-0.15, -0.1) is 0 Å². The maximum Gasteiger partial charge on any atom is 0.230 e. The average Bonchev–Trinajstić information content (AvgIpc) is 3.06. The predicted molar refractivity (Wildman–Crippen MR) is 92.9 cm³/mol. The van der Waals surface area contributed by atoms with Gasteiger partial charge in [0.05, 0.1) is 18.6 Å². The van der Waals surface area contributed by atoms with Crippen molar-refractivity contribution in [3.63, 3.8) is 0 Å². The Balaban J connectivity index is 1.80. The van der Waals surface area contributed by atoms with Crippen molar-refractivity contribution in [2.75, 3.05) is 26.2 Å². The summed E-state index contributed by atoms with van der Waals surface area (Å²) < 4.78 is 5.83. The third-order valence-electron chi connectivity index (χ3n) is 5.24. The first-order valence-electron chi connectivity index (χ1n) is 8.76. The molecule has 1 atom stereocenters. The average molecular weight is 318 g/mol. The second-order valence-electron chi connectivity index (χ2n) is 6.60. The van der Waals surface area contributed by atoms with Crippen LogP contribution in [0.25, 0.3) is 0 Å². The van der Waals surface area contributed by atoms with E-state index in [1.807, 2.05) is 23.1 Å². The largest absolute Gasteiger partial charge is 0.376 e. The Morgan fingerprint density at radius 2 is 2.00 bits per heavy atom. The molecule has 23 heavy (non-hydrogen) atoms. The number of likely N-dealkylation sites (tertiary alicyclic amines) is 1. The number of amides is 1. The van der Waals surface area contributed by atoms with E-state index in [-0.39, 0.29) is 11.3 Å². The van der Waals surface area contributed by atoms with Gasteiger partial charge in [-0.3, -0.25) is 4.79 Å². The number of hydrogen-bond acceptors (Lipinski definition) is 3. The highest BCUT2D eigenvalue weighted by Gasteiger charge is 2.39. The fraction of sp³-hybridized carbons (Fsp3) is 0.632. The van der Waals surface area contributed by atoms with Gasteiger partial charge in [0, 0.05) is 25.6 Å². The zero-order valence-electron chi connectivity index (χ0n) is 14.5. The van der Waals surface area contributed by atoms with Gasteiger partial charge in [-0.25, -0.2) is 0 Å². The Bertz CT molecular complexity index is 477. The van der Waals surface area contributed by atoms with Crippen molar-refractivity contribution in [2.24, 2.45) is 17.1 Å². The summed E-state index contributed by atoms with van der Waals surface area (Å²) in [5, 5.41) is 0. The third kappa shape index (κ3) is 4.33. The summed E-state index contributed by atoms with van der Waals surface area (Å²) in [5.74, 6) is 0.669. The second-order valence-corrected chi connectivity index (χ2v) is 6.60. The van der Waals surface area contributed by atoms with Crippen LogP contribution in [0.1, 0.15) is 38.7 Å². The van der Waals surface area contributed by atoms with Crippen LogP contribution in [0.4, 0.5) is 0 Å². The molecule has 1 aromatic rings. The molecule has 0 bridgehead atoms. The number of rotatable bonds is 8. The number of nitrogens with two attached hydrogens (primary N) is 1. The van der Waals surface area contributed by atoms with E-state index in [0.29, 0.717) is 25.7 Å². The number of benzene rings is 1. The lowest BCUT2D eigenvalue weighted by Gasteiger charge is -2.33. The highest BCUT2D eigenvalue weighted by Crippen LogP contribution is 2.30. The van der Waals surface area contributed by atoms with Gasteiger partial charge in [-0.05, 0) is 24.8 Å². The van der Waals surface area contributed by atoms with Crippen LogP contribution >= 0.6 is 0 Å². The highest BCUT2D eigenvalue weighted by molar-refractivity contribution is 5.83. The lowest BCUT2D eigenvalue weighted by molar-refractivity contribution is -0.141. The Kier molecular flexibility index (Phi) is 6.60. The Morgan fingerprint density at radius 1 is 1.30 bits per heavy atom. The molecule has 1 fully saturated rings. The third-order valence-corrected chi connectivity index (χ3v) is 5.24. The molecule has 1 unspecified atom stereocenters. The summed E-state index contributed by atoms with van der Waals surface area (Å²) in [6.45, 7) is 7.55. The Hall–Kier alpha value is -1.39. The molecule has 1 aliphatic rings. The van der Waals surface area contributed by atoms with E-state index in [1.54, 1.807) is 0 Å². The molecule has 1 aliphatic heterocycles. The van der Waals surface area contributed by atoms with E-state index in [4.69, 9.17) is 10.5 Å². The van der Waals surface area contributed by atoms with E-state index in [2.05, 4.69) is 26.0 Å². The molecular formula is C19H30N2O2. The molecule has 0 aromatic heterocycles. The summed E-state index contributed by atoms with van der Waals surface area (Å²) in [5.41, 5.74) is 6.72. The van der Waals surface area contributed by atoms with Crippen LogP contribution in [0.5, 0.6) is 0 Å². The summed E-state index contributed by atoms with van der Waals surface area (Å²) in [7, 11) is 0. The molecular weight excluding hydrogens is 288 g/mol. The maximum absolute atomic E-state index is 12.8. The predicted octanol–water partition coefficient (Wildman–Crippen LogP) is 2.82. The first-order valence-corrected chi connectivity index (χ1v) is 8.76. The molecule has 2 N–H and O–H groups in total. The first kappa shape index (κ1) is 18.0. The van der Waals surface area contributed by atoms with E-state index in [1.165, 1.54) is 5.56 Å². The van der Waals surface area contributed by atoms with Crippen LogP contribution in [0.3, 0.4) is 0 Å². The number of nitrogens with zero attached hydrogens (tertiary/aromatic N) is 1. The molecule has 0 spiro atoms. The van der Waals surface area contributed by atoms with Crippen LogP contribution in [-0.2, 0) is 16.1 Å². The van der Waals surface area contributed by atoms with Gasteiger partial charge < -0.3 is 15.4 Å². The molecule has 0 aliphatic carbocycles. The van der Waals surface area contributed by atoms with Crippen molar-refractivity contribution in [2.45, 2.75) is 39.7 Å². The Morgan fingerprint density at radius 3 is 2.61 bits per heavy atom. The van der Waals surface area contributed by atoms with E-state index >= 15 is 0 Å². The maximum atomic E-state index is 12.8. The summed E-state index contributed by atoms with van der Waals surface area (Å²) in [6.07, 6.45) is 2.64. The van der Waals surface area contributed by atoms with Crippen molar-refractivity contribution in [3.05, 3.63) is 35.9 Å². The van der Waals surface area contributed by atoms with Gasteiger partial charge in [-0.2, -0.15) is 0 Å². The van der Waals surface area contributed by atoms with Crippen LogP contribution < -0.4 is 5.73 Å². The molecule has 1 saturated heterocycles. The first-order chi connectivity index (χ1) is 11.1. The van der Waals surface area contributed by atoms with Gasteiger partial charge in [0.2, 0.25) is 5.91 Å². The minimum Gasteiger partial charge on any atom is -0.376 e. The van der Waals surface area contributed by atoms with Crippen molar-refractivity contribution < 1.29 is 9.53 Å². The monoisotopic (exact) mass is 318 g/mol. The van der Waals surface area contributed by atoms with Crippen molar-refractivity contribution >= 4 is 5.91 Å². The molecule has 0 radical (unpaired) electrons. The zero-order valence-corrected chi connectivity index (χ0v) is 14.5. The lowest BCUT2D eigenvalue weighted by Crippen LogP contribution is -2.46. The smallest absolute Gasteiger partial charge is 0.230 e. The number of ether oxygens (including phenoxy) is 1. The van der Waals surface area contributed by atoms with E-state index in [0.717, 1.165) is 32.4 Å². The number of carbonyl (C=O) groups excluding carboxylic acids is 1. The molecule has 1 heterocycles. The fourth-order valence-corrected chi connectivity index (χ4v) is 3.33. The molecule has 128 valence electrons. The van der Waals surface area contributed by atoms with E-state index < -0.39 is 0 Å². The quantitative estimate of drug-likeness (QED) is 0.802. The zero-order chi connectivity index (χ0) is 16.7. The van der Waals surface area contributed by atoms with Crippen molar-refractivity contribution in [1.29, 1.82) is 0 Å². The Labute approximate surface area is 140 Å². The van der Waals surface area contributed by atoms with Gasteiger partial charge >= 0.3 is 0 Å². The van der Waals surface area contributed by atoms with Gasteiger partial charge in [0.1, 0.15) is 0 Å². The second kappa shape index (κ2) is 8.46. The standard InChI is InChI=1S/C19H30N2O2/c1-3-19(4-2,15-20)18(22)21-11-10-17(12-21)14-23-13-16-8-6-5-7-9-16/h5-9,17H,3-4,10-15,20H2,1-2H3. The van der Waals surface area contributed by atoms with Crippen molar-refractivity contribution in [1.82, 2.24) is 4.90 Å². The normalized spacial score (nSPS) is 18.4. The summed E-state index contributed by atoms with van der Waals surface area (Å²) in [6, 6.07) is 10.2. The van der Waals surface area contributed by atoms with Gasteiger partial charge in [-0.1, -0.05) is 44.2 Å². The summed E-state index contributed by atoms with van der Waals surface area (Å²) >= 11 is 0. The van der Waals surface area contributed by atoms with E-state index in [9.17, 15) is 4.79 Å². The fourth-order valence-electron chi connectivity index (χ4n) is 3.33. The van der Waals surface area contributed by atoms with Crippen molar-refractivity contribution in [3.8, 4) is 0 Å². The lowest BCUT2D eigenvalue weighted by atomic mass is 9.81. The summed E-state index contributed by atoms with van der Waals surface area (Å²) in [4.78, 5) is 14.8. The number of hydrogen-bond donors (Lipinski definition) is 1. The number of carbonyl (C=O) groups is 1. The molecule has 0 saturated carbocycles. The molecule has 1 aromatic carbocycles. The SMILES string of the molecule is CCC(CC)(CN)C(=O)N1CCC(COCc2ccccc2)C1. The molecule has 1 amide bonds. The van der Waals surface area contributed by atoms with Crippen LogP contribution in [0, 0.1) is 11.3 Å². The van der Waals surface area contributed by atoms with Gasteiger partial charge in [0.15, 0.2) is 0 Å². The molecule has 4 nitrogen and oxygen atoms in total. The topological polar surface area (TPSA) is 55.6 Å². The van der Waals surface area contributed by atoms with Crippen LogP contribution in [0.2, 0.25) is 0 Å². The minimum atomic E-state index is -0.375. The highest BCUT2D eigenvalue weighted by atomic mass is 16.5. The van der Waals surface area contributed by atoms with Crippen LogP contribution in [-0.4, -0.2) is 37.0 Å². The molecule has 4 heteroatoms.